The fourth-order valence-corrected chi connectivity index (χ4v) is 3.59. The van der Waals surface area contributed by atoms with Crippen molar-refractivity contribution in [3.63, 3.8) is 0 Å². The molecule has 142 valence electrons. The quantitative estimate of drug-likeness (QED) is 0.642. The molecule has 1 aromatic heterocycles. The number of alkyl halides is 2. The zero-order valence-corrected chi connectivity index (χ0v) is 15.3. The first-order chi connectivity index (χ1) is 12.8. The Hall–Kier alpha value is -2.49. The van der Waals surface area contributed by atoms with Gasteiger partial charge in [-0.3, -0.25) is 0 Å². The summed E-state index contributed by atoms with van der Waals surface area (Å²) in [6, 6.07) is 14.3. The minimum absolute atomic E-state index is 0.0466. The SMILES string of the molecule is O=S(=O)(NCc1ccn(-c2ccccc2)n1)c1ccc(OC(F)F)c(Cl)c1. The van der Waals surface area contributed by atoms with Crippen LogP contribution in [0.2, 0.25) is 5.02 Å². The average Bonchev–Trinajstić information content (AvgIpc) is 3.11. The lowest BCUT2D eigenvalue weighted by molar-refractivity contribution is -0.0498. The number of hydrogen-bond acceptors (Lipinski definition) is 4. The van der Waals surface area contributed by atoms with Crippen molar-refractivity contribution in [3.05, 3.63) is 71.5 Å². The second-order valence-electron chi connectivity index (χ2n) is 5.38. The Kier molecular flexibility index (Phi) is 5.73. The van der Waals surface area contributed by atoms with Crippen molar-refractivity contribution < 1.29 is 21.9 Å². The summed E-state index contributed by atoms with van der Waals surface area (Å²) < 4.78 is 57.5. The van der Waals surface area contributed by atoms with Crippen molar-refractivity contribution in [2.24, 2.45) is 0 Å². The van der Waals surface area contributed by atoms with Crippen LogP contribution in [0.1, 0.15) is 5.69 Å². The van der Waals surface area contributed by atoms with Gasteiger partial charge >= 0.3 is 6.61 Å². The number of halogens is 3. The lowest BCUT2D eigenvalue weighted by Crippen LogP contribution is -2.23. The van der Waals surface area contributed by atoms with Crippen LogP contribution in [-0.4, -0.2) is 24.8 Å². The normalized spacial score (nSPS) is 11.7. The molecule has 0 unspecified atom stereocenters. The number of benzene rings is 2. The van der Waals surface area contributed by atoms with Crippen LogP contribution in [-0.2, 0) is 16.6 Å². The van der Waals surface area contributed by atoms with Crippen molar-refractivity contribution in [3.8, 4) is 11.4 Å². The third kappa shape index (κ3) is 4.82. The summed E-state index contributed by atoms with van der Waals surface area (Å²) in [4.78, 5) is -0.170. The van der Waals surface area contributed by atoms with Gasteiger partial charge in [0.25, 0.3) is 0 Å². The highest BCUT2D eigenvalue weighted by atomic mass is 35.5. The van der Waals surface area contributed by atoms with E-state index in [1.54, 1.807) is 16.9 Å². The maximum atomic E-state index is 12.4. The molecule has 0 spiro atoms. The van der Waals surface area contributed by atoms with E-state index in [0.717, 1.165) is 23.9 Å². The molecular formula is C17H14ClF2N3O3S. The third-order valence-corrected chi connectivity index (χ3v) is 5.23. The van der Waals surface area contributed by atoms with Gasteiger partial charge in [0.05, 0.1) is 27.8 Å². The summed E-state index contributed by atoms with van der Waals surface area (Å²) in [6.45, 7) is -3.10. The summed E-state index contributed by atoms with van der Waals surface area (Å²) in [7, 11) is -3.91. The molecule has 0 fully saturated rings. The van der Waals surface area contributed by atoms with Gasteiger partial charge in [-0.05, 0) is 36.4 Å². The van der Waals surface area contributed by atoms with Gasteiger partial charge in [0.1, 0.15) is 5.75 Å². The molecule has 6 nitrogen and oxygen atoms in total. The minimum atomic E-state index is -3.91. The molecule has 3 aromatic rings. The van der Waals surface area contributed by atoms with Crippen LogP contribution in [0.5, 0.6) is 5.75 Å². The Labute approximate surface area is 159 Å². The van der Waals surface area contributed by atoms with E-state index >= 15 is 0 Å². The Morgan fingerprint density at radius 2 is 1.89 bits per heavy atom. The van der Waals surface area contributed by atoms with E-state index in [2.05, 4.69) is 14.6 Å². The third-order valence-electron chi connectivity index (χ3n) is 3.54. The fraction of sp³-hybridized carbons (Fsp3) is 0.118. The number of ether oxygens (including phenoxy) is 1. The van der Waals surface area contributed by atoms with Crippen LogP contribution in [0, 0.1) is 0 Å². The maximum Gasteiger partial charge on any atom is 0.387 e. The summed E-state index contributed by atoms with van der Waals surface area (Å²) in [5.41, 5.74) is 1.35. The molecule has 0 aliphatic heterocycles. The maximum absolute atomic E-state index is 12.4. The molecule has 0 amide bonds. The van der Waals surface area contributed by atoms with Crippen LogP contribution in [0.4, 0.5) is 8.78 Å². The van der Waals surface area contributed by atoms with Gasteiger partial charge in [0.15, 0.2) is 0 Å². The van der Waals surface area contributed by atoms with E-state index < -0.39 is 16.6 Å². The summed E-state index contributed by atoms with van der Waals surface area (Å²) >= 11 is 5.80. The van der Waals surface area contributed by atoms with Crippen molar-refractivity contribution >= 4 is 21.6 Å². The first kappa shape index (κ1) is 19.3. The zero-order chi connectivity index (χ0) is 19.4. The molecule has 1 N–H and O–H groups in total. The number of nitrogens with zero attached hydrogens (tertiary/aromatic N) is 2. The van der Waals surface area contributed by atoms with Crippen LogP contribution >= 0.6 is 11.6 Å². The monoisotopic (exact) mass is 413 g/mol. The number of aromatic nitrogens is 2. The van der Waals surface area contributed by atoms with Crippen LogP contribution < -0.4 is 9.46 Å². The van der Waals surface area contributed by atoms with Gasteiger partial charge in [-0.2, -0.15) is 13.9 Å². The van der Waals surface area contributed by atoms with E-state index in [-0.39, 0.29) is 22.2 Å². The lowest BCUT2D eigenvalue weighted by atomic mass is 10.3. The molecule has 0 atom stereocenters. The first-order valence-electron chi connectivity index (χ1n) is 7.69. The number of nitrogens with one attached hydrogen (secondary N) is 1. The van der Waals surface area contributed by atoms with Crippen LogP contribution in [0.15, 0.2) is 65.7 Å². The molecule has 0 saturated carbocycles. The number of hydrogen-bond donors (Lipinski definition) is 1. The predicted molar refractivity (Wildman–Crippen MR) is 95.7 cm³/mol. The van der Waals surface area contributed by atoms with Crippen LogP contribution in [0.3, 0.4) is 0 Å². The van der Waals surface area contributed by atoms with Crippen molar-refractivity contribution in [2.45, 2.75) is 18.1 Å². The number of sulfonamides is 1. The molecule has 10 heteroatoms. The zero-order valence-electron chi connectivity index (χ0n) is 13.7. The molecule has 1 heterocycles. The van der Waals surface area contributed by atoms with Crippen molar-refractivity contribution in [1.29, 1.82) is 0 Å². The Morgan fingerprint density at radius 1 is 1.15 bits per heavy atom. The average molecular weight is 414 g/mol. The molecule has 0 radical (unpaired) electrons. The highest BCUT2D eigenvalue weighted by molar-refractivity contribution is 7.89. The Balaban J connectivity index is 1.70. The fourth-order valence-electron chi connectivity index (χ4n) is 2.27. The second kappa shape index (κ2) is 8.03. The molecule has 0 saturated heterocycles. The summed E-state index contributed by atoms with van der Waals surface area (Å²) in [5.74, 6) is -0.299. The van der Waals surface area contributed by atoms with Gasteiger partial charge in [0.2, 0.25) is 10.0 Å². The first-order valence-corrected chi connectivity index (χ1v) is 9.55. The predicted octanol–water partition coefficient (Wildman–Crippen LogP) is 3.61. The van der Waals surface area contributed by atoms with Gasteiger partial charge < -0.3 is 4.74 Å². The van der Waals surface area contributed by atoms with Gasteiger partial charge in [-0.25, -0.2) is 17.8 Å². The second-order valence-corrected chi connectivity index (χ2v) is 7.56. The number of rotatable bonds is 7. The molecule has 27 heavy (non-hydrogen) atoms. The van der Waals surface area contributed by atoms with E-state index in [1.807, 2.05) is 30.3 Å². The summed E-state index contributed by atoms with van der Waals surface area (Å²) in [5, 5.41) is 4.07. The highest BCUT2D eigenvalue weighted by Crippen LogP contribution is 2.28. The van der Waals surface area contributed by atoms with E-state index in [1.165, 1.54) is 0 Å². The molecule has 3 rings (SSSR count). The van der Waals surface area contributed by atoms with Crippen LogP contribution in [0.25, 0.3) is 5.69 Å². The molecule has 0 aliphatic rings. The Bertz CT molecular complexity index is 1030. The van der Waals surface area contributed by atoms with Crippen molar-refractivity contribution in [1.82, 2.24) is 14.5 Å². The lowest BCUT2D eigenvalue weighted by Gasteiger charge is -2.09. The van der Waals surface area contributed by atoms with E-state index in [0.29, 0.717) is 5.69 Å². The summed E-state index contributed by atoms with van der Waals surface area (Å²) in [6.07, 6.45) is 1.71. The minimum Gasteiger partial charge on any atom is -0.433 e. The van der Waals surface area contributed by atoms with E-state index in [9.17, 15) is 17.2 Å². The van der Waals surface area contributed by atoms with Crippen molar-refractivity contribution in [2.75, 3.05) is 0 Å². The molecule has 0 aliphatic carbocycles. The molecular weight excluding hydrogens is 400 g/mol. The van der Waals surface area contributed by atoms with Gasteiger partial charge in [-0.1, -0.05) is 29.8 Å². The largest absolute Gasteiger partial charge is 0.433 e. The smallest absolute Gasteiger partial charge is 0.387 e. The van der Waals surface area contributed by atoms with Gasteiger partial charge in [0, 0.05) is 6.20 Å². The van der Waals surface area contributed by atoms with Gasteiger partial charge in [-0.15, -0.1) is 0 Å². The Morgan fingerprint density at radius 3 is 2.56 bits per heavy atom. The molecule has 0 bridgehead atoms. The highest BCUT2D eigenvalue weighted by Gasteiger charge is 2.18. The topological polar surface area (TPSA) is 73.2 Å². The number of para-hydroxylation sites is 1. The van der Waals surface area contributed by atoms with E-state index in [4.69, 9.17) is 11.6 Å². The standard InChI is InChI=1S/C17H14ClF2N3O3S/c18-15-10-14(6-7-16(15)26-17(19)20)27(24,25)21-11-12-8-9-23(22-12)13-4-2-1-3-5-13/h1-10,17,21H,11H2. The molecule has 2 aromatic carbocycles.